The van der Waals surface area contributed by atoms with E-state index < -0.39 is 5.97 Å². The van der Waals surface area contributed by atoms with Crippen LogP contribution in [0.25, 0.3) is 0 Å². The van der Waals surface area contributed by atoms with Crippen LogP contribution in [-0.4, -0.2) is 36.9 Å². The van der Waals surface area contributed by atoms with Crippen molar-refractivity contribution in [3.05, 3.63) is 0 Å². The molecule has 0 amide bonds. The molecule has 1 fully saturated rings. The van der Waals surface area contributed by atoms with Gasteiger partial charge in [-0.3, -0.25) is 0 Å². The minimum Gasteiger partial charge on any atom is -0.480 e. The lowest BCUT2D eigenvalue weighted by molar-refractivity contribution is -0.142. The van der Waals surface area contributed by atoms with Crippen LogP contribution in [0.15, 0.2) is 0 Å². The molecule has 0 aromatic carbocycles. The second kappa shape index (κ2) is 3.53. The number of carboxylic acids is 1. The van der Waals surface area contributed by atoms with Gasteiger partial charge in [0.05, 0.1) is 6.61 Å². The first-order valence-electron chi connectivity index (χ1n) is 3.32. The summed E-state index contributed by atoms with van der Waals surface area (Å²) in [5, 5.41) is 11.3. The fraction of sp³-hybridized carbons (Fsp3) is 0.833. The Kier molecular flexibility index (Phi) is 2.65. The first-order valence-corrected chi connectivity index (χ1v) is 3.32. The molecule has 0 saturated carbocycles. The fourth-order valence-electron chi connectivity index (χ4n) is 0.779. The van der Waals surface area contributed by atoms with Gasteiger partial charge in [-0.15, -0.1) is 0 Å². The summed E-state index contributed by atoms with van der Waals surface area (Å²) in [5.41, 5.74) is 0. The van der Waals surface area contributed by atoms with Crippen LogP contribution in [0.4, 0.5) is 0 Å². The zero-order chi connectivity index (χ0) is 7.40. The summed E-state index contributed by atoms with van der Waals surface area (Å²) < 4.78 is 4.84. The highest BCUT2D eigenvalue weighted by Crippen LogP contribution is 2.00. The van der Waals surface area contributed by atoms with E-state index in [0.717, 1.165) is 13.0 Å². The molecule has 1 unspecified atom stereocenters. The molecule has 1 atom stereocenters. The molecule has 4 nitrogen and oxygen atoms in total. The number of hydrogen-bond acceptors (Lipinski definition) is 3. The SMILES string of the molecule is O=C(O)COCC1CCN1. The second-order valence-corrected chi connectivity index (χ2v) is 2.35. The van der Waals surface area contributed by atoms with Gasteiger partial charge in [0.15, 0.2) is 0 Å². The summed E-state index contributed by atoms with van der Waals surface area (Å²) >= 11 is 0. The third-order valence-electron chi connectivity index (χ3n) is 1.47. The second-order valence-electron chi connectivity index (χ2n) is 2.35. The molecule has 0 spiro atoms. The van der Waals surface area contributed by atoms with Gasteiger partial charge in [-0.2, -0.15) is 0 Å². The molecule has 0 bridgehead atoms. The van der Waals surface area contributed by atoms with Crippen molar-refractivity contribution in [2.75, 3.05) is 19.8 Å². The van der Waals surface area contributed by atoms with Crippen molar-refractivity contribution in [2.45, 2.75) is 12.5 Å². The standard InChI is InChI=1S/C6H11NO3/c8-6(9)4-10-3-5-1-2-7-5/h5,7H,1-4H2,(H,8,9). The molecule has 10 heavy (non-hydrogen) atoms. The number of hydrogen-bond donors (Lipinski definition) is 2. The molecule has 0 aliphatic carbocycles. The van der Waals surface area contributed by atoms with Crippen molar-refractivity contribution in [1.29, 1.82) is 0 Å². The van der Waals surface area contributed by atoms with Crippen molar-refractivity contribution < 1.29 is 14.6 Å². The van der Waals surface area contributed by atoms with Crippen molar-refractivity contribution in [3.63, 3.8) is 0 Å². The van der Waals surface area contributed by atoms with Crippen LogP contribution in [0, 0.1) is 0 Å². The van der Waals surface area contributed by atoms with E-state index in [1.807, 2.05) is 0 Å². The van der Waals surface area contributed by atoms with Crippen molar-refractivity contribution >= 4 is 5.97 Å². The van der Waals surface area contributed by atoms with Crippen LogP contribution in [0.3, 0.4) is 0 Å². The Labute approximate surface area is 59.2 Å². The maximum atomic E-state index is 9.94. The topological polar surface area (TPSA) is 58.6 Å². The lowest BCUT2D eigenvalue weighted by Crippen LogP contribution is -2.46. The Morgan fingerprint density at radius 1 is 1.80 bits per heavy atom. The highest BCUT2D eigenvalue weighted by atomic mass is 16.5. The zero-order valence-corrected chi connectivity index (χ0v) is 5.67. The Bertz CT molecular complexity index is 122. The monoisotopic (exact) mass is 145 g/mol. The van der Waals surface area contributed by atoms with Crippen molar-refractivity contribution in [1.82, 2.24) is 5.32 Å². The maximum Gasteiger partial charge on any atom is 0.329 e. The average molecular weight is 145 g/mol. The zero-order valence-electron chi connectivity index (χ0n) is 5.67. The van der Waals surface area contributed by atoms with E-state index in [-0.39, 0.29) is 6.61 Å². The molecule has 0 aromatic rings. The van der Waals surface area contributed by atoms with E-state index in [9.17, 15) is 4.79 Å². The largest absolute Gasteiger partial charge is 0.480 e. The molecular formula is C6H11NO3. The van der Waals surface area contributed by atoms with Gasteiger partial charge < -0.3 is 15.2 Å². The van der Waals surface area contributed by atoms with Gasteiger partial charge in [-0.1, -0.05) is 0 Å². The predicted octanol–water partition coefficient (Wildman–Crippen LogP) is -0.551. The summed E-state index contributed by atoms with van der Waals surface area (Å²) in [4.78, 5) is 9.94. The molecule has 1 heterocycles. The summed E-state index contributed by atoms with van der Waals surface area (Å²) in [5.74, 6) is -0.903. The van der Waals surface area contributed by atoms with Gasteiger partial charge in [-0.25, -0.2) is 4.79 Å². The maximum absolute atomic E-state index is 9.94. The summed E-state index contributed by atoms with van der Waals surface area (Å²) in [6.45, 7) is 1.37. The minimum atomic E-state index is -0.903. The van der Waals surface area contributed by atoms with Crippen LogP contribution in [0.2, 0.25) is 0 Å². The first-order chi connectivity index (χ1) is 4.79. The summed E-state index contributed by atoms with van der Waals surface area (Å²) in [6, 6.07) is 0.388. The molecule has 4 heteroatoms. The van der Waals surface area contributed by atoms with E-state index >= 15 is 0 Å². The average Bonchev–Trinajstić information content (AvgIpc) is 1.75. The lowest BCUT2D eigenvalue weighted by Gasteiger charge is -2.26. The molecule has 58 valence electrons. The normalized spacial score (nSPS) is 23.8. The number of ether oxygens (including phenoxy) is 1. The quantitative estimate of drug-likeness (QED) is 0.557. The van der Waals surface area contributed by atoms with Crippen LogP contribution in [-0.2, 0) is 9.53 Å². The molecule has 1 saturated heterocycles. The van der Waals surface area contributed by atoms with E-state index in [4.69, 9.17) is 9.84 Å². The Balaban J connectivity index is 1.89. The fourth-order valence-corrected chi connectivity index (χ4v) is 0.779. The van der Waals surface area contributed by atoms with Gasteiger partial charge in [0, 0.05) is 6.04 Å². The van der Waals surface area contributed by atoms with Gasteiger partial charge >= 0.3 is 5.97 Å². The van der Waals surface area contributed by atoms with Crippen molar-refractivity contribution in [3.8, 4) is 0 Å². The van der Waals surface area contributed by atoms with Gasteiger partial charge in [0.25, 0.3) is 0 Å². The van der Waals surface area contributed by atoms with Crippen molar-refractivity contribution in [2.24, 2.45) is 0 Å². The molecular weight excluding hydrogens is 134 g/mol. The molecule has 1 rings (SSSR count). The molecule has 0 aromatic heterocycles. The first kappa shape index (κ1) is 7.50. The Morgan fingerprint density at radius 2 is 2.50 bits per heavy atom. The third-order valence-corrected chi connectivity index (χ3v) is 1.47. The van der Waals surface area contributed by atoms with E-state index in [0.29, 0.717) is 12.6 Å². The smallest absolute Gasteiger partial charge is 0.329 e. The molecule has 2 N–H and O–H groups in total. The highest BCUT2D eigenvalue weighted by Gasteiger charge is 2.15. The number of carbonyl (C=O) groups is 1. The number of aliphatic carboxylic acids is 1. The van der Waals surface area contributed by atoms with E-state index in [2.05, 4.69) is 5.32 Å². The third kappa shape index (κ3) is 2.33. The molecule has 1 aliphatic heterocycles. The van der Waals surface area contributed by atoms with E-state index in [1.165, 1.54) is 0 Å². The van der Waals surface area contributed by atoms with Crippen LogP contribution in [0.5, 0.6) is 0 Å². The van der Waals surface area contributed by atoms with Crippen LogP contribution < -0.4 is 5.32 Å². The van der Waals surface area contributed by atoms with Crippen LogP contribution >= 0.6 is 0 Å². The summed E-state index contributed by atoms with van der Waals surface area (Å²) in [7, 11) is 0. The number of nitrogens with one attached hydrogen (secondary N) is 1. The highest BCUT2D eigenvalue weighted by molar-refractivity contribution is 5.67. The minimum absolute atomic E-state index is 0.182. The van der Waals surface area contributed by atoms with Gasteiger partial charge in [-0.05, 0) is 13.0 Å². The predicted molar refractivity (Wildman–Crippen MR) is 34.9 cm³/mol. The van der Waals surface area contributed by atoms with Gasteiger partial charge in [0.1, 0.15) is 6.61 Å². The molecule has 1 aliphatic rings. The summed E-state index contributed by atoms with van der Waals surface area (Å²) in [6.07, 6.45) is 1.10. The lowest BCUT2D eigenvalue weighted by atomic mass is 10.1. The number of rotatable bonds is 4. The van der Waals surface area contributed by atoms with Gasteiger partial charge in [0.2, 0.25) is 0 Å². The Hall–Kier alpha value is -0.610. The number of carboxylic acid groups (broad SMARTS) is 1. The Morgan fingerprint density at radius 3 is 2.90 bits per heavy atom. The van der Waals surface area contributed by atoms with E-state index in [1.54, 1.807) is 0 Å². The van der Waals surface area contributed by atoms with Crippen LogP contribution in [0.1, 0.15) is 6.42 Å². The molecule has 0 radical (unpaired) electrons.